The first-order valence-corrected chi connectivity index (χ1v) is 10.8. The molecule has 3 rings (SSSR count). The fourth-order valence-electron chi connectivity index (χ4n) is 3.12. The lowest BCUT2D eigenvalue weighted by molar-refractivity contribution is -0.146. The Bertz CT molecular complexity index is 1240. The van der Waals surface area contributed by atoms with Crippen LogP contribution >= 0.6 is 0 Å². The predicted octanol–water partition coefficient (Wildman–Crippen LogP) is 2.87. The maximum Gasteiger partial charge on any atom is 0.325 e. The Morgan fingerprint density at radius 1 is 0.722 bits per heavy atom. The first-order chi connectivity index (χ1) is 17.4. The minimum absolute atomic E-state index is 0.269. The van der Waals surface area contributed by atoms with Crippen molar-refractivity contribution < 1.29 is 33.4 Å². The van der Waals surface area contributed by atoms with Crippen LogP contribution in [0, 0.1) is 0 Å². The van der Waals surface area contributed by atoms with Crippen LogP contribution in [0.25, 0.3) is 0 Å². The van der Waals surface area contributed by atoms with Crippen LogP contribution in [0.3, 0.4) is 0 Å². The average Bonchev–Trinajstić information content (AvgIpc) is 2.91. The minimum Gasteiger partial charge on any atom is -0.496 e. The van der Waals surface area contributed by atoms with Gasteiger partial charge in [0.2, 0.25) is 0 Å². The number of methoxy groups -OCH3 is 2. The van der Waals surface area contributed by atoms with E-state index in [2.05, 4.69) is 16.0 Å². The fourth-order valence-corrected chi connectivity index (χ4v) is 3.12. The number of anilines is 2. The largest absolute Gasteiger partial charge is 0.496 e. The summed E-state index contributed by atoms with van der Waals surface area (Å²) in [6.45, 7) is -0.959. The number of para-hydroxylation sites is 3. The summed E-state index contributed by atoms with van der Waals surface area (Å²) in [6, 6.07) is 19.8. The van der Waals surface area contributed by atoms with Crippen molar-refractivity contribution in [2.24, 2.45) is 0 Å². The summed E-state index contributed by atoms with van der Waals surface area (Å²) >= 11 is 0. The Labute approximate surface area is 207 Å². The zero-order chi connectivity index (χ0) is 25.9. The first kappa shape index (κ1) is 25.8. The second-order valence-corrected chi connectivity index (χ2v) is 7.32. The number of nitrogens with one attached hydrogen (secondary N) is 3. The van der Waals surface area contributed by atoms with E-state index in [0.717, 1.165) is 0 Å². The van der Waals surface area contributed by atoms with Crippen molar-refractivity contribution in [1.29, 1.82) is 0 Å². The van der Waals surface area contributed by atoms with Crippen molar-refractivity contribution in [3.8, 4) is 11.5 Å². The second kappa shape index (κ2) is 12.6. The van der Waals surface area contributed by atoms with Crippen molar-refractivity contribution >= 4 is 35.1 Å². The molecule has 0 heterocycles. The Morgan fingerprint density at radius 3 is 2.06 bits per heavy atom. The number of carbonyl (C=O) groups is 4. The molecule has 10 heteroatoms. The standard InChI is InChI=1S/C26H25N3O7/c1-34-21-9-5-3-7-19(21)26(33)27-15-24(31)36-16-23(30)28-18-13-11-17(12-14-18)25(32)29-20-8-4-6-10-22(20)35-2/h3-14H,15-16H2,1-2H3,(H,27,33)(H,28,30)(H,29,32). The molecule has 36 heavy (non-hydrogen) atoms. The third-order valence-corrected chi connectivity index (χ3v) is 4.90. The van der Waals surface area contributed by atoms with E-state index in [-0.39, 0.29) is 11.5 Å². The van der Waals surface area contributed by atoms with Gasteiger partial charge in [-0.3, -0.25) is 19.2 Å². The van der Waals surface area contributed by atoms with E-state index < -0.39 is 30.9 Å². The normalized spacial score (nSPS) is 10.1. The van der Waals surface area contributed by atoms with E-state index >= 15 is 0 Å². The SMILES string of the molecule is COc1ccccc1NC(=O)c1ccc(NC(=O)COC(=O)CNC(=O)c2ccccc2OC)cc1. The quantitative estimate of drug-likeness (QED) is 0.372. The van der Waals surface area contributed by atoms with Gasteiger partial charge < -0.3 is 30.2 Å². The molecule has 3 N–H and O–H groups in total. The van der Waals surface area contributed by atoms with Gasteiger partial charge >= 0.3 is 5.97 Å². The van der Waals surface area contributed by atoms with Crippen molar-refractivity contribution in [3.05, 3.63) is 83.9 Å². The Morgan fingerprint density at radius 2 is 1.36 bits per heavy atom. The maximum absolute atomic E-state index is 12.5. The van der Waals surface area contributed by atoms with Gasteiger partial charge in [-0.1, -0.05) is 24.3 Å². The third kappa shape index (κ3) is 7.07. The highest BCUT2D eigenvalue weighted by Crippen LogP contribution is 2.24. The van der Waals surface area contributed by atoms with Gasteiger partial charge in [-0.05, 0) is 48.5 Å². The molecule has 0 aromatic heterocycles. The highest BCUT2D eigenvalue weighted by atomic mass is 16.5. The Balaban J connectivity index is 1.44. The summed E-state index contributed by atoms with van der Waals surface area (Å²) in [4.78, 5) is 48.7. The summed E-state index contributed by atoms with van der Waals surface area (Å²) in [6.07, 6.45) is 0. The number of carbonyl (C=O) groups excluding carboxylic acids is 4. The molecule has 3 amide bonds. The van der Waals surface area contributed by atoms with Crippen LogP contribution in [-0.2, 0) is 14.3 Å². The van der Waals surface area contributed by atoms with Crippen molar-refractivity contribution in [2.75, 3.05) is 38.0 Å². The Kier molecular flexibility index (Phi) is 8.99. The van der Waals surface area contributed by atoms with Gasteiger partial charge in [0.25, 0.3) is 17.7 Å². The Hall–Kier alpha value is -4.86. The summed E-state index contributed by atoms with van der Waals surface area (Å²) < 4.78 is 15.2. The predicted molar refractivity (Wildman–Crippen MR) is 132 cm³/mol. The van der Waals surface area contributed by atoms with Crippen LogP contribution in [0.4, 0.5) is 11.4 Å². The van der Waals surface area contributed by atoms with Gasteiger partial charge in [-0.15, -0.1) is 0 Å². The third-order valence-electron chi connectivity index (χ3n) is 4.90. The van der Waals surface area contributed by atoms with E-state index in [1.807, 2.05) is 0 Å². The first-order valence-electron chi connectivity index (χ1n) is 10.8. The summed E-state index contributed by atoms with van der Waals surface area (Å²) in [7, 11) is 2.95. The lowest BCUT2D eigenvalue weighted by Crippen LogP contribution is -2.32. The van der Waals surface area contributed by atoms with Crippen LogP contribution < -0.4 is 25.4 Å². The molecule has 0 aliphatic heterocycles. The van der Waals surface area contributed by atoms with Gasteiger partial charge in [0.05, 0.1) is 25.5 Å². The molecule has 0 spiro atoms. The van der Waals surface area contributed by atoms with Crippen molar-refractivity contribution in [2.45, 2.75) is 0 Å². The molecule has 10 nitrogen and oxygen atoms in total. The zero-order valence-corrected chi connectivity index (χ0v) is 19.7. The summed E-state index contributed by atoms with van der Waals surface area (Å²) in [5, 5.41) is 7.74. The van der Waals surface area contributed by atoms with Gasteiger partial charge in [0, 0.05) is 11.3 Å². The molecule has 0 unspecified atom stereocenters. The molecule has 0 aliphatic carbocycles. The van der Waals surface area contributed by atoms with Gasteiger partial charge in [-0.25, -0.2) is 0 Å². The van der Waals surface area contributed by atoms with Crippen LogP contribution in [-0.4, -0.2) is 51.1 Å². The molecule has 186 valence electrons. The molecule has 0 bridgehead atoms. The summed E-state index contributed by atoms with van der Waals surface area (Å²) in [5.41, 5.74) is 1.58. The van der Waals surface area contributed by atoms with Crippen LogP contribution in [0.2, 0.25) is 0 Å². The number of ether oxygens (including phenoxy) is 3. The second-order valence-electron chi connectivity index (χ2n) is 7.32. The average molecular weight is 492 g/mol. The molecular weight excluding hydrogens is 466 g/mol. The fraction of sp³-hybridized carbons (Fsp3) is 0.154. The molecule has 3 aromatic rings. The number of rotatable bonds is 10. The smallest absolute Gasteiger partial charge is 0.325 e. The number of amides is 3. The van der Waals surface area contributed by atoms with Crippen LogP contribution in [0.15, 0.2) is 72.8 Å². The van der Waals surface area contributed by atoms with Crippen LogP contribution in [0.1, 0.15) is 20.7 Å². The molecule has 0 radical (unpaired) electrons. The topological polar surface area (TPSA) is 132 Å². The lowest BCUT2D eigenvalue weighted by Gasteiger charge is -2.11. The number of hydrogen-bond donors (Lipinski definition) is 3. The highest BCUT2D eigenvalue weighted by molar-refractivity contribution is 6.05. The van der Waals surface area contributed by atoms with E-state index in [9.17, 15) is 19.2 Å². The van der Waals surface area contributed by atoms with Gasteiger partial charge in [0.1, 0.15) is 18.0 Å². The van der Waals surface area contributed by atoms with E-state index in [0.29, 0.717) is 28.4 Å². The van der Waals surface area contributed by atoms with Crippen molar-refractivity contribution in [3.63, 3.8) is 0 Å². The number of esters is 1. The molecule has 0 fully saturated rings. The van der Waals surface area contributed by atoms with Crippen LogP contribution in [0.5, 0.6) is 11.5 Å². The lowest BCUT2D eigenvalue weighted by atomic mass is 10.2. The molecule has 0 saturated carbocycles. The zero-order valence-electron chi connectivity index (χ0n) is 19.7. The van der Waals surface area contributed by atoms with E-state index in [1.54, 1.807) is 72.8 Å². The van der Waals surface area contributed by atoms with Gasteiger partial charge in [-0.2, -0.15) is 0 Å². The molecule has 0 saturated heterocycles. The molecular formula is C26H25N3O7. The highest BCUT2D eigenvalue weighted by Gasteiger charge is 2.14. The maximum atomic E-state index is 12.5. The van der Waals surface area contributed by atoms with Crippen molar-refractivity contribution in [1.82, 2.24) is 5.32 Å². The van der Waals surface area contributed by atoms with E-state index in [1.165, 1.54) is 14.2 Å². The number of benzene rings is 3. The monoisotopic (exact) mass is 491 g/mol. The minimum atomic E-state index is -0.781. The number of hydrogen-bond acceptors (Lipinski definition) is 7. The van der Waals surface area contributed by atoms with E-state index in [4.69, 9.17) is 14.2 Å². The van der Waals surface area contributed by atoms with Gasteiger partial charge in [0.15, 0.2) is 6.61 Å². The molecule has 0 atom stereocenters. The molecule has 0 aliphatic rings. The summed E-state index contributed by atoms with van der Waals surface area (Å²) in [5.74, 6) is -1.32. The molecule has 3 aromatic carbocycles.